The van der Waals surface area contributed by atoms with Crippen molar-refractivity contribution in [3.05, 3.63) is 12.2 Å². The van der Waals surface area contributed by atoms with E-state index in [2.05, 4.69) is 15.4 Å². The number of methoxy groups -OCH3 is 1. The molecule has 1 heterocycles. The van der Waals surface area contributed by atoms with E-state index < -0.39 is 0 Å². The molecule has 0 bridgehead atoms. The van der Waals surface area contributed by atoms with Gasteiger partial charge in [0.15, 0.2) is 0 Å². The van der Waals surface area contributed by atoms with E-state index in [1.54, 1.807) is 0 Å². The van der Waals surface area contributed by atoms with E-state index >= 15 is 0 Å². The van der Waals surface area contributed by atoms with Crippen molar-refractivity contribution in [2.75, 3.05) is 20.2 Å². The van der Waals surface area contributed by atoms with Gasteiger partial charge in [0.05, 0.1) is 13.2 Å². The third kappa shape index (κ3) is 3.94. The summed E-state index contributed by atoms with van der Waals surface area (Å²) in [4.78, 5) is 10.9. The third-order valence-corrected chi connectivity index (χ3v) is 1.99. The molecule has 1 unspecified atom stereocenters. The van der Waals surface area contributed by atoms with Gasteiger partial charge in [0.2, 0.25) is 0 Å². The van der Waals surface area contributed by atoms with Gasteiger partial charge in [0.1, 0.15) is 0 Å². The van der Waals surface area contributed by atoms with Gasteiger partial charge in [-0.2, -0.15) is 0 Å². The highest BCUT2D eigenvalue weighted by Crippen LogP contribution is 2.01. The lowest BCUT2D eigenvalue weighted by molar-refractivity contribution is 0.168. The maximum absolute atomic E-state index is 10.9. The second-order valence-electron chi connectivity index (χ2n) is 3.02. The molecule has 74 valence electrons. The van der Waals surface area contributed by atoms with Crippen molar-refractivity contribution < 1.29 is 9.53 Å². The summed E-state index contributed by atoms with van der Waals surface area (Å²) >= 11 is 0. The Labute approximate surface area is 78.3 Å². The smallest absolute Gasteiger partial charge is 0.407 e. The van der Waals surface area contributed by atoms with Crippen molar-refractivity contribution in [1.29, 1.82) is 0 Å². The second kappa shape index (κ2) is 5.59. The number of amides is 1. The van der Waals surface area contributed by atoms with Crippen LogP contribution in [-0.4, -0.2) is 32.3 Å². The van der Waals surface area contributed by atoms with Crippen molar-refractivity contribution in [1.82, 2.24) is 10.6 Å². The van der Waals surface area contributed by atoms with E-state index in [9.17, 15) is 4.79 Å². The van der Waals surface area contributed by atoms with Crippen molar-refractivity contribution in [3.8, 4) is 0 Å². The molecule has 13 heavy (non-hydrogen) atoms. The highest BCUT2D eigenvalue weighted by atomic mass is 16.5. The first kappa shape index (κ1) is 10.1. The van der Waals surface area contributed by atoms with Crippen molar-refractivity contribution >= 4 is 6.09 Å². The first-order valence-electron chi connectivity index (χ1n) is 4.55. The molecule has 1 rings (SSSR count). The lowest BCUT2D eigenvalue weighted by Gasteiger charge is -2.16. The zero-order chi connectivity index (χ0) is 9.52. The molecule has 1 amide bonds. The Morgan fingerprint density at radius 3 is 3.31 bits per heavy atom. The van der Waals surface area contributed by atoms with E-state index in [0.29, 0.717) is 0 Å². The Balaban J connectivity index is 2.37. The van der Waals surface area contributed by atoms with Gasteiger partial charge in [-0.15, -0.1) is 0 Å². The molecule has 0 aromatic rings. The zero-order valence-corrected chi connectivity index (χ0v) is 7.88. The Kier molecular flexibility index (Phi) is 4.32. The maximum atomic E-state index is 10.9. The van der Waals surface area contributed by atoms with Crippen LogP contribution in [0.1, 0.15) is 12.8 Å². The average Bonchev–Trinajstić information content (AvgIpc) is 2.09. The zero-order valence-electron chi connectivity index (χ0n) is 7.88. The normalized spacial score (nSPS) is 23.0. The topological polar surface area (TPSA) is 50.4 Å². The number of hydrogen-bond acceptors (Lipinski definition) is 3. The Hall–Kier alpha value is -1.03. The van der Waals surface area contributed by atoms with Crippen LogP contribution in [0.4, 0.5) is 4.79 Å². The molecule has 1 aliphatic heterocycles. The molecule has 1 atom stereocenters. The minimum atomic E-state index is -0.358. The van der Waals surface area contributed by atoms with Gasteiger partial charge in [0.25, 0.3) is 0 Å². The van der Waals surface area contributed by atoms with Gasteiger partial charge in [-0.1, -0.05) is 12.2 Å². The summed E-state index contributed by atoms with van der Waals surface area (Å²) in [6.45, 7) is 1.88. The van der Waals surface area contributed by atoms with Crippen LogP contribution in [0.3, 0.4) is 0 Å². The summed E-state index contributed by atoms with van der Waals surface area (Å²) in [6.07, 6.45) is 5.70. The first-order chi connectivity index (χ1) is 6.33. The van der Waals surface area contributed by atoms with E-state index in [4.69, 9.17) is 0 Å². The van der Waals surface area contributed by atoms with Gasteiger partial charge in [-0.3, -0.25) is 0 Å². The molecule has 0 spiro atoms. The molecule has 0 saturated carbocycles. The molecule has 0 aromatic heterocycles. The average molecular weight is 184 g/mol. The molecule has 4 nitrogen and oxygen atoms in total. The molecular formula is C9H16N2O2. The minimum absolute atomic E-state index is 0.120. The second-order valence-corrected chi connectivity index (χ2v) is 3.02. The van der Waals surface area contributed by atoms with Crippen LogP contribution in [0.5, 0.6) is 0 Å². The van der Waals surface area contributed by atoms with Crippen molar-refractivity contribution in [3.63, 3.8) is 0 Å². The van der Waals surface area contributed by atoms with Crippen LogP contribution in [0, 0.1) is 0 Å². The van der Waals surface area contributed by atoms with E-state index in [1.807, 2.05) is 12.2 Å². The first-order valence-corrected chi connectivity index (χ1v) is 4.55. The Morgan fingerprint density at radius 2 is 2.54 bits per heavy atom. The maximum Gasteiger partial charge on any atom is 0.407 e. The highest BCUT2D eigenvalue weighted by molar-refractivity contribution is 5.67. The van der Waals surface area contributed by atoms with E-state index in [1.165, 1.54) is 7.11 Å². The molecular weight excluding hydrogens is 168 g/mol. The van der Waals surface area contributed by atoms with Crippen LogP contribution in [-0.2, 0) is 4.74 Å². The van der Waals surface area contributed by atoms with Crippen LogP contribution in [0.15, 0.2) is 12.2 Å². The monoisotopic (exact) mass is 184 g/mol. The lowest BCUT2D eigenvalue weighted by Crippen LogP contribution is -2.35. The largest absolute Gasteiger partial charge is 0.453 e. The lowest BCUT2D eigenvalue weighted by atomic mass is 10.1. The fraction of sp³-hybridized carbons (Fsp3) is 0.667. The number of nitrogens with one attached hydrogen (secondary N) is 2. The highest BCUT2D eigenvalue weighted by Gasteiger charge is 2.09. The molecule has 2 N–H and O–H groups in total. The summed E-state index contributed by atoms with van der Waals surface area (Å²) in [5.74, 6) is 0. The summed E-state index contributed by atoms with van der Waals surface area (Å²) in [7, 11) is 1.38. The summed E-state index contributed by atoms with van der Waals surface area (Å²) in [5.41, 5.74) is 0. The van der Waals surface area contributed by atoms with Crippen molar-refractivity contribution in [2.45, 2.75) is 18.9 Å². The van der Waals surface area contributed by atoms with Crippen LogP contribution in [0.25, 0.3) is 0 Å². The van der Waals surface area contributed by atoms with Crippen molar-refractivity contribution in [2.24, 2.45) is 0 Å². The number of alkyl carbamates (subject to hydrolysis) is 1. The summed E-state index contributed by atoms with van der Waals surface area (Å²) in [5, 5.41) is 6.00. The Morgan fingerprint density at radius 1 is 1.69 bits per heavy atom. The molecule has 4 heteroatoms. The van der Waals surface area contributed by atoms with Gasteiger partial charge in [0, 0.05) is 6.54 Å². The fourth-order valence-corrected chi connectivity index (χ4v) is 1.29. The summed E-state index contributed by atoms with van der Waals surface area (Å²) < 4.78 is 4.53. The van der Waals surface area contributed by atoms with E-state index in [0.717, 1.165) is 25.9 Å². The van der Waals surface area contributed by atoms with Crippen LogP contribution < -0.4 is 10.6 Å². The number of hydrogen-bond donors (Lipinski definition) is 2. The molecule has 0 radical (unpaired) electrons. The van der Waals surface area contributed by atoms with Gasteiger partial charge < -0.3 is 15.4 Å². The predicted molar refractivity (Wildman–Crippen MR) is 50.6 cm³/mol. The molecule has 0 aromatic carbocycles. The quantitative estimate of drug-likeness (QED) is 0.588. The third-order valence-electron chi connectivity index (χ3n) is 1.99. The Bertz CT molecular complexity index is 192. The van der Waals surface area contributed by atoms with Crippen LogP contribution in [0.2, 0.25) is 0 Å². The minimum Gasteiger partial charge on any atom is -0.453 e. The fourth-order valence-electron chi connectivity index (χ4n) is 1.29. The number of carbonyl (C=O) groups is 1. The predicted octanol–water partition coefficient (Wildman–Crippen LogP) is 0.651. The standard InChI is InChI=1S/C9H16N2O2/c1-13-9(12)11-8-4-2-6-10-7-3-5-8/h2,4,8,10H,3,5-7H2,1H3,(H,11,12). The SMILES string of the molecule is COC(=O)NC1C=CCNCCC1. The van der Waals surface area contributed by atoms with Gasteiger partial charge >= 0.3 is 6.09 Å². The molecule has 1 aliphatic rings. The van der Waals surface area contributed by atoms with E-state index in [-0.39, 0.29) is 12.1 Å². The van der Waals surface area contributed by atoms with Gasteiger partial charge in [-0.25, -0.2) is 4.79 Å². The number of carbonyl (C=O) groups excluding carboxylic acids is 1. The number of rotatable bonds is 1. The summed E-state index contributed by atoms with van der Waals surface area (Å²) in [6, 6.07) is 0.120. The molecule has 0 aliphatic carbocycles. The van der Waals surface area contributed by atoms with Gasteiger partial charge in [-0.05, 0) is 19.4 Å². The number of ether oxygens (including phenoxy) is 1. The van der Waals surface area contributed by atoms with Crippen LogP contribution >= 0.6 is 0 Å². The molecule has 0 fully saturated rings. The molecule has 0 saturated heterocycles.